The van der Waals surface area contributed by atoms with Crippen LogP contribution in [0, 0.1) is 6.92 Å². The summed E-state index contributed by atoms with van der Waals surface area (Å²) in [5.41, 5.74) is 2.13. The Morgan fingerprint density at radius 2 is 1.97 bits per heavy atom. The van der Waals surface area contributed by atoms with Crippen LogP contribution >= 0.6 is 22.9 Å². The van der Waals surface area contributed by atoms with Gasteiger partial charge in [0.2, 0.25) is 11.8 Å². The lowest BCUT2D eigenvalue weighted by Crippen LogP contribution is -2.34. The summed E-state index contributed by atoms with van der Waals surface area (Å²) in [6.45, 7) is 2.68. The van der Waals surface area contributed by atoms with Gasteiger partial charge in [0, 0.05) is 18.3 Å². The molecule has 2 aromatic carbocycles. The number of aryl methyl sites for hydroxylation is 1. The minimum absolute atomic E-state index is 0.161. The second-order valence-corrected chi connectivity index (χ2v) is 9.15. The molecule has 0 spiro atoms. The van der Waals surface area contributed by atoms with Crippen molar-refractivity contribution in [1.82, 2.24) is 15.1 Å². The van der Waals surface area contributed by atoms with E-state index in [1.54, 1.807) is 35.2 Å². The minimum Gasteiger partial charge on any atom is -0.454 e. The highest BCUT2D eigenvalue weighted by Gasteiger charge is 2.33. The number of nitrogens with zero attached hydrogens (tertiary/aromatic N) is 3. The van der Waals surface area contributed by atoms with E-state index in [1.807, 2.05) is 13.0 Å². The number of aromatic nitrogens is 2. The normalized spacial score (nSPS) is 16.7. The van der Waals surface area contributed by atoms with Crippen molar-refractivity contribution in [3.63, 3.8) is 0 Å². The molecule has 1 aromatic heterocycles. The number of carbonyl (C=O) groups is 2. The summed E-state index contributed by atoms with van der Waals surface area (Å²) in [4.78, 5) is 27.3. The molecule has 5 rings (SSSR count). The monoisotopic (exact) mass is 485 g/mol. The van der Waals surface area contributed by atoms with E-state index in [2.05, 4.69) is 20.8 Å². The molecule has 0 unspecified atom stereocenters. The Morgan fingerprint density at radius 1 is 1.12 bits per heavy atom. The van der Waals surface area contributed by atoms with Crippen molar-refractivity contribution in [3.05, 3.63) is 57.0 Å². The predicted octanol–water partition coefficient (Wildman–Crippen LogP) is 4.85. The molecular formula is C22H20ClN5O4S. The zero-order chi connectivity index (χ0) is 22.9. The largest absolute Gasteiger partial charge is 0.454 e. The number of urea groups is 1. The van der Waals surface area contributed by atoms with E-state index >= 15 is 0 Å². The Morgan fingerprint density at radius 3 is 2.82 bits per heavy atom. The number of rotatable bonds is 4. The molecule has 0 radical (unpaired) electrons. The van der Waals surface area contributed by atoms with E-state index in [0.29, 0.717) is 39.4 Å². The molecule has 1 atom stereocenters. The van der Waals surface area contributed by atoms with Crippen LogP contribution in [0.25, 0.3) is 0 Å². The SMILES string of the molecule is Cc1ccc(NC(=O)N2CCC[C@H]2c2nnc(C(=O)Nc3ccc4c(c3)OCO4)s2)c(Cl)c1. The topological polar surface area (TPSA) is 106 Å². The Hall–Kier alpha value is -3.37. The first-order chi connectivity index (χ1) is 16.0. The predicted molar refractivity (Wildman–Crippen MR) is 124 cm³/mol. The summed E-state index contributed by atoms with van der Waals surface area (Å²) in [5, 5.41) is 15.2. The highest BCUT2D eigenvalue weighted by molar-refractivity contribution is 7.13. The maximum absolute atomic E-state index is 12.9. The second kappa shape index (κ2) is 8.87. The molecule has 0 aliphatic carbocycles. The summed E-state index contributed by atoms with van der Waals surface area (Å²) in [7, 11) is 0. The van der Waals surface area contributed by atoms with Gasteiger partial charge in [-0.3, -0.25) is 4.79 Å². The van der Waals surface area contributed by atoms with Gasteiger partial charge in [-0.25, -0.2) is 4.79 Å². The van der Waals surface area contributed by atoms with Crippen molar-refractivity contribution in [2.45, 2.75) is 25.8 Å². The van der Waals surface area contributed by atoms with Gasteiger partial charge in [-0.05, 0) is 49.6 Å². The standard InChI is InChI=1S/C22H20ClN5O4S/c1-12-4-6-15(14(23)9-12)25-22(30)28-8-2-3-16(28)20-26-27-21(33-20)19(29)24-13-5-7-17-18(10-13)32-11-31-17/h4-7,9-10,16H,2-3,8,11H2,1H3,(H,24,29)(H,25,30)/t16-/m0/s1. The van der Waals surface area contributed by atoms with Crippen molar-refractivity contribution in [1.29, 1.82) is 0 Å². The van der Waals surface area contributed by atoms with Crippen LogP contribution in [0.4, 0.5) is 16.2 Å². The number of hydrogen-bond acceptors (Lipinski definition) is 7. The number of anilines is 2. The third kappa shape index (κ3) is 4.44. The van der Waals surface area contributed by atoms with Gasteiger partial charge in [-0.2, -0.15) is 0 Å². The second-order valence-electron chi connectivity index (χ2n) is 7.73. The summed E-state index contributed by atoms with van der Waals surface area (Å²) < 4.78 is 10.6. The fraction of sp³-hybridized carbons (Fsp3) is 0.273. The zero-order valence-corrected chi connectivity index (χ0v) is 19.2. The van der Waals surface area contributed by atoms with E-state index < -0.39 is 0 Å². The van der Waals surface area contributed by atoms with Crippen LogP contribution in [0.5, 0.6) is 11.5 Å². The Labute approximate surface area is 198 Å². The van der Waals surface area contributed by atoms with E-state index in [-0.39, 0.29) is 29.8 Å². The van der Waals surface area contributed by atoms with Crippen molar-refractivity contribution in [2.75, 3.05) is 24.0 Å². The highest BCUT2D eigenvalue weighted by atomic mass is 35.5. The number of halogens is 1. The summed E-state index contributed by atoms with van der Waals surface area (Å²) >= 11 is 7.43. The Balaban J connectivity index is 1.27. The summed E-state index contributed by atoms with van der Waals surface area (Å²) in [5.74, 6) is 0.836. The van der Waals surface area contributed by atoms with E-state index in [9.17, 15) is 9.59 Å². The van der Waals surface area contributed by atoms with Crippen molar-refractivity contribution in [3.8, 4) is 11.5 Å². The molecule has 3 aromatic rings. The number of likely N-dealkylation sites (tertiary alicyclic amines) is 1. The third-order valence-corrected chi connectivity index (χ3v) is 6.77. The average Bonchev–Trinajstić information content (AvgIpc) is 3.55. The molecular weight excluding hydrogens is 466 g/mol. The maximum Gasteiger partial charge on any atom is 0.322 e. The average molecular weight is 486 g/mol. The van der Waals surface area contributed by atoms with Crippen LogP contribution in [0.1, 0.15) is 39.3 Å². The van der Waals surface area contributed by atoms with Crippen LogP contribution < -0.4 is 20.1 Å². The number of carbonyl (C=O) groups excluding carboxylic acids is 2. The molecule has 3 amide bonds. The van der Waals surface area contributed by atoms with E-state index in [0.717, 1.165) is 18.4 Å². The van der Waals surface area contributed by atoms with Crippen LogP contribution in [0.3, 0.4) is 0 Å². The molecule has 2 aliphatic rings. The fourth-order valence-electron chi connectivity index (χ4n) is 3.79. The van der Waals surface area contributed by atoms with Gasteiger partial charge in [0.1, 0.15) is 5.01 Å². The number of nitrogens with one attached hydrogen (secondary N) is 2. The lowest BCUT2D eigenvalue weighted by Gasteiger charge is -2.23. The number of amides is 3. The zero-order valence-electron chi connectivity index (χ0n) is 17.6. The first-order valence-electron chi connectivity index (χ1n) is 10.4. The van der Waals surface area contributed by atoms with Gasteiger partial charge in [0.05, 0.1) is 16.8 Å². The van der Waals surface area contributed by atoms with Gasteiger partial charge in [-0.15, -0.1) is 10.2 Å². The van der Waals surface area contributed by atoms with E-state index in [1.165, 1.54) is 11.3 Å². The van der Waals surface area contributed by atoms with Gasteiger partial charge in [0.25, 0.3) is 5.91 Å². The van der Waals surface area contributed by atoms with Crippen molar-refractivity contribution >= 4 is 46.3 Å². The first-order valence-corrected chi connectivity index (χ1v) is 11.6. The van der Waals surface area contributed by atoms with Crippen molar-refractivity contribution < 1.29 is 19.1 Å². The molecule has 3 heterocycles. The maximum atomic E-state index is 12.9. The molecule has 0 bridgehead atoms. The molecule has 2 N–H and O–H groups in total. The van der Waals surface area contributed by atoms with Gasteiger partial charge in [0.15, 0.2) is 11.5 Å². The van der Waals surface area contributed by atoms with Crippen LogP contribution in [0.15, 0.2) is 36.4 Å². The summed E-state index contributed by atoms with van der Waals surface area (Å²) in [6.07, 6.45) is 1.57. The Kier molecular flexibility index (Phi) is 5.77. The molecule has 9 nitrogen and oxygen atoms in total. The van der Waals surface area contributed by atoms with Crippen LogP contribution in [0.2, 0.25) is 5.02 Å². The number of hydrogen-bond donors (Lipinski definition) is 2. The number of fused-ring (bicyclic) bond motifs is 1. The molecule has 1 saturated heterocycles. The van der Waals surface area contributed by atoms with Gasteiger partial charge >= 0.3 is 6.03 Å². The third-order valence-electron chi connectivity index (χ3n) is 5.43. The molecule has 11 heteroatoms. The first kappa shape index (κ1) is 21.5. The minimum atomic E-state index is -0.377. The number of ether oxygens (including phenoxy) is 2. The van der Waals surface area contributed by atoms with Crippen LogP contribution in [-0.2, 0) is 0 Å². The summed E-state index contributed by atoms with van der Waals surface area (Å²) in [6, 6.07) is 10.1. The quantitative estimate of drug-likeness (QED) is 0.547. The molecule has 33 heavy (non-hydrogen) atoms. The molecule has 170 valence electrons. The van der Waals surface area contributed by atoms with Gasteiger partial charge < -0.3 is 25.0 Å². The highest BCUT2D eigenvalue weighted by Crippen LogP contribution is 2.36. The van der Waals surface area contributed by atoms with Gasteiger partial charge in [-0.1, -0.05) is 29.0 Å². The smallest absolute Gasteiger partial charge is 0.322 e. The molecule has 2 aliphatic heterocycles. The molecule has 0 saturated carbocycles. The molecule has 1 fully saturated rings. The fourth-order valence-corrected chi connectivity index (χ4v) is 4.96. The lowest BCUT2D eigenvalue weighted by molar-refractivity contribution is 0.102. The van der Waals surface area contributed by atoms with E-state index in [4.69, 9.17) is 21.1 Å². The number of benzene rings is 2. The van der Waals surface area contributed by atoms with Crippen molar-refractivity contribution in [2.24, 2.45) is 0 Å². The van der Waals surface area contributed by atoms with Crippen LogP contribution in [-0.4, -0.2) is 40.4 Å². The Bertz CT molecular complexity index is 1230. The lowest BCUT2D eigenvalue weighted by atomic mass is 10.2.